The fourth-order valence-corrected chi connectivity index (χ4v) is 2.72. The van der Waals surface area contributed by atoms with E-state index in [2.05, 4.69) is 0 Å². The van der Waals surface area contributed by atoms with Crippen molar-refractivity contribution in [1.29, 1.82) is 0 Å². The molecule has 1 heterocycles. The molecule has 122 valence electrons. The molecular weight excluding hydrogens is 307 g/mol. The number of phenolic OH excluding ortho intramolecular Hbond substituents is 1. The Labute approximate surface area is 131 Å². The van der Waals surface area contributed by atoms with Gasteiger partial charge in [-0.2, -0.15) is 4.39 Å². The average molecular weight is 323 g/mol. The summed E-state index contributed by atoms with van der Waals surface area (Å²) in [4.78, 5) is 1.65. The van der Waals surface area contributed by atoms with Gasteiger partial charge in [-0.1, -0.05) is 12.1 Å². The van der Waals surface area contributed by atoms with E-state index in [9.17, 15) is 18.3 Å². The molecule has 0 aromatic heterocycles. The number of phenols is 1. The molecule has 0 unspecified atom stereocenters. The fourth-order valence-electron chi connectivity index (χ4n) is 2.72. The largest absolute Gasteiger partial charge is 0.504 e. The number of piperidine rings is 1. The lowest BCUT2D eigenvalue weighted by atomic mass is 10.1. The van der Waals surface area contributed by atoms with E-state index in [-0.39, 0.29) is 17.2 Å². The van der Waals surface area contributed by atoms with Crippen molar-refractivity contribution in [2.24, 2.45) is 0 Å². The number of anilines is 1. The molecule has 23 heavy (non-hydrogen) atoms. The van der Waals surface area contributed by atoms with Gasteiger partial charge in [-0.25, -0.2) is 8.78 Å². The van der Waals surface area contributed by atoms with E-state index < -0.39 is 23.2 Å². The minimum absolute atomic E-state index is 0.0605. The Bertz CT molecular complexity index is 715. The zero-order valence-electron chi connectivity index (χ0n) is 12.4. The van der Waals surface area contributed by atoms with Crippen LogP contribution in [0.25, 0.3) is 0 Å². The summed E-state index contributed by atoms with van der Waals surface area (Å²) in [6.07, 6.45) is 2.69. The van der Waals surface area contributed by atoms with E-state index in [0.29, 0.717) is 19.2 Å². The number of aromatic hydroxyl groups is 1. The maximum Gasteiger partial charge on any atom is 0.203 e. The summed E-state index contributed by atoms with van der Waals surface area (Å²) < 4.78 is 47.5. The summed E-state index contributed by atoms with van der Waals surface area (Å²) >= 11 is 0. The molecule has 3 nitrogen and oxygen atoms in total. The van der Waals surface area contributed by atoms with Crippen molar-refractivity contribution in [3.05, 3.63) is 47.8 Å². The first-order chi connectivity index (χ1) is 11.1. The quantitative estimate of drug-likeness (QED) is 0.839. The van der Waals surface area contributed by atoms with Gasteiger partial charge in [0.05, 0.1) is 0 Å². The second-order valence-corrected chi connectivity index (χ2v) is 5.45. The van der Waals surface area contributed by atoms with E-state index in [1.807, 2.05) is 0 Å². The number of nitrogens with zero attached hydrogens (tertiary/aromatic N) is 1. The Hall–Kier alpha value is -2.37. The number of rotatable bonds is 3. The number of halogens is 3. The zero-order chi connectivity index (χ0) is 16.4. The minimum Gasteiger partial charge on any atom is -0.504 e. The molecule has 0 radical (unpaired) electrons. The highest BCUT2D eigenvalue weighted by atomic mass is 19.2. The van der Waals surface area contributed by atoms with Crippen molar-refractivity contribution in [3.63, 3.8) is 0 Å². The first-order valence-corrected chi connectivity index (χ1v) is 7.46. The summed E-state index contributed by atoms with van der Waals surface area (Å²) in [5.74, 6) is -4.30. The van der Waals surface area contributed by atoms with E-state index in [4.69, 9.17) is 4.74 Å². The number of hydrogen-bond donors (Lipinski definition) is 1. The van der Waals surface area contributed by atoms with Crippen molar-refractivity contribution in [2.45, 2.75) is 19.3 Å². The fraction of sp³-hybridized carbons (Fsp3) is 0.294. The van der Waals surface area contributed by atoms with Crippen molar-refractivity contribution >= 4 is 5.69 Å². The van der Waals surface area contributed by atoms with Gasteiger partial charge < -0.3 is 14.7 Å². The average Bonchev–Trinajstić information content (AvgIpc) is 2.55. The van der Waals surface area contributed by atoms with Crippen molar-refractivity contribution in [1.82, 2.24) is 0 Å². The first-order valence-electron chi connectivity index (χ1n) is 7.46. The van der Waals surface area contributed by atoms with Crippen LogP contribution in [0.4, 0.5) is 18.9 Å². The molecular formula is C17H16F3NO2. The van der Waals surface area contributed by atoms with Gasteiger partial charge in [0.2, 0.25) is 5.82 Å². The monoisotopic (exact) mass is 323 g/mol. The smallest absolute Gasteiger partial charge is 0.203 e. The van der Waals surface area contributed by atoms with Gasteiger partial charge in [0, 0.05) is 19.2 Å². The summed E-state index contributed by atoms with van der Waals surface area (Å²) in [7, 11) is 0. The van der Waals surface area contributed by atoms with Gasteiger partial charge in [0.15, 0.2) is 28.9 Å². The van der Waals surface area contributed by atoms with Crippen LogP contribution in [-0.2, 0) is 0 Å². The Morgan fingerprint density at radius 1 is 0.957 bits per heavy atom. The lowest BCUT2D eigenvalue weighted by Crippen LogP contribution is -2.30. The Morgan fingerprint density at radius 3 is 2.35 bits per heavy atom. The van der Waals surface area contributed by atoms with Crippen LogP contribution in [-0.4, -0.2) is 18.2 Å². The predicted octanol–water partition coefficient (Wildman–Crippen LogP) is 4.59. The number of hydrogen-bond acceptors (Lipinski definition) is 3. The molecule has 1 aliphatic rings. The highest BCUT2D eigenvalue weighted by Crippen LogP contribution is 2.41. The summed E-state index contributed by atoms with van der Waals surface area (Å²) in [5.41, 5.74) is -0.105. The lowest BCUT2D eigenvalue weighted by Gasteiger charge is -2.30. The highest BCUT2D eigenvalue weighted by molar-refractivity contribution is 5.62. The van der Waals surface area contributed by atoms with Crippen molar-refractivity contribution in [2.75, 3.05) is 18.0 Å². The van der Waals surface area contributed by atoms with E-state index in [1.54, 1.807) is 17.0 Å². The van der Waals surface area contributed by atoms with Crippen molar-refractivity contribution in [3.8, 4) is 17.2 Å². The van der Waals surface area contributed by atoms with E-state index in [0.717, 1.165) is 19.3 Å². The van der Waals surface area contributed by atoms with Crippen LogP contribution in [0, 0.1) is 17.5 Å². The molecule has 0 saturated carbocycles. The Kier molecular flexibility index (Phi) is 4.32. The van der Waals surface area contributed by atoms with Gasteiger partial charge in [0.25, 0.3) is 0 Å². The molecule has 1 fully saturated rings. The van der Waals surface area contributed by atoms with Gasteiger partial charge in [-0.15, -0.1) is 0 Å². The third-order valence-corrected chi connectivity index (χ3v) is 3.85. The number of benzene rings is 2. The molecule has 1 saturated heterocycles. The predicted molar refractivity (Wildman–Crippen MR) is 80.6 cm³/mol. The molecule has 0 aliphatic carbocycles. The van der Waals surface area contributed by atoms with Crippen molar-refractivity contribution < 1.29 is 23.0 Å². The van der Waals surface area contributed by atoms with Gasteiger partial charge in [0.1, 0.15) is 5.69 Å². The molecule has 1 aliphatic heterocycles. The van der Waals surface area contributed by atoms with Crippen LogP contribution in [0.1, 0.15) is 19.3 Å². The molecule has 1 N–H and O–H groups in total. The van der Waals surface area contributed by atoms with Gasteiger partial charge in [-0.3, -0.25) is 0 Å². The van der Waals surface area contributed by atoms with Crippen LogP contribution in [0.15, 0.2) is 30.3 Å². The normalized spacial score (nSPS) is 14.8. The summed E-state index contributed by atoms with van der Waals surface area (Å²) in [5, 5.41) is 9.75. The van der Waals surface area contributed by atoms with E-state index in [1.165, 1.54) is 12.1 Å². The summed E-state index contributed by atoms with van der Waals surface area (Å²) in [6, 6.07) is 6.41. The van der Waals surface area contributed by atoms with Gasteiger partial charge in [-0.05, 0) is 31.4 Å². The third-order valence-electron chi connectivity index (χ3n) is 3.85. The maximum atomic E-state index is 14.3. The molecule has 3 rings (SSSR count). The van der Waals surface area contributed by atoms with Crippen LogP contribution in [0.2, 0.25) is 0 Å². The topological polar surface area (TPSA) is 32.7 Å². The lowest BCUT2D eigenvalue weighted by molar-refractivity contribution is 0.379. The molecule has 0 atom stereocenters. The van der Waals surface area contributed by atoms with Crippen LogP contribution in [0.5, 0.6) is 17.2 Å². The molecule has 0 spiro atoms. The van der Waals surface area contributed by atoms with Crippen LogP contribution < -0.4 is 9.64 Å². The van der Waals surface area contributed by atoms with E-state index >= 15 is 0 Å². The third kappa shape index (κ3) is 3.06. The summed E-state index contributed by atoms with van der Waals surface area (Å²) in [6.45, 7) is 1.08. The molecule has 2 aromatic carbocycles. The molecule has 0 bridgehead atoms. The second-order valence-electron chi connectivity index (χ2n) is 5.45. The maximum absolute atomic E-state index is 14.3. The zero-order valence-corrected chi connectivity index (χ0v) is 12.4. The Balaban J connectivity index is 2.08. The molecule has 0 amide bonds. The van der Waals surface area contributed by atoms with Crippen LogP contribution in [0.3, 0.4) is 0 Å². The standard InChI is InChI=1S/C17H16F3NO2/c18-11-10-12(19)16(21-8-4-1-5-9-21)17(15(11)20)23-14-7-3-2-6-13(14)22/h2-3,6-7,10,22H,1,4-5,8-9H2. The first kappa shape index (κ1) is 15.5. The molecule has 2 aromatic rings. The SMILES string of the molecule is Oc1ccccc1Oc1c(F)c(F)cc(F)c1N1CCCCC1. The highest BCUT2D eigenvalue weighted by Gasteiger charge is 2.26. The molecule has 6 heteroatoms. The minimum atomic E-state index is -1.33. The van der Waals surface area contributed by atoms with Gasteiger partial charge >= 0.3 is 0 Å². The van der Waals surface area contributed by atoms with Crippen LogP contribution >= 0.6 is 0 Å². The Morgan fingerprint density at radius 2 is 1.65 bits per heavy atom. The number of ether oxygens (including phenoxy) is 1. The number of para-hydroxylation sites is 2. The second kappa shape index (κ2) is 6.40.